The molecule has 9 nitrogen and oxygen atoms in total. The summed E-state index contributed by atoms with van der Waals surface area (Å²) in [4.78, 5) is 6.35. The van der Waals surface area contributed by atoms with Crippen molar-refractivity contribution in [3.63, 3.8) is 0 Å². The van der Waals surface area contributed by atoms with Gasteiger partial charge < -0.3 is 29.7 Å². The fourth-order valence-corrected chi connectivity index (χ4v) is 6.91. The van der Waals surface area contributed by atoms with Crippen LogP contribution in [0.1, 0.15) is 60.6 Å². The molecule has 0 saturated carbocycles. The quantitative estimate of drug-likeness (QED) is 0.113. The van der Waals surface area contributed by atoms with E-state index in [4.69, 9.17) is 37.4 Å². The number of aliphatic hydroxyl groups excluding tert-OH is 1. The predicted octanol–water partition coefficient (Wildman–Crippen LogP) is 6.88. The molecule has 1 fully saturated rings. The Hall–Kier alpha value is -3.88. The van der Waals surface area contributed by atoms with Crippen LogP contribution in [-0.2, 0) is 19.6 Å². The SMILES string of the molecule is CC(C)(O)CNCc1cc(Cl)c(O[C@H]2CCc3c(-c4cccc(OCCCN5CC(O)C5)c4Cl)cccc32)cc1OCc1cncc(C#N)c1. The molecule has 2 aliphatic rings. The van der Waals surface area contributed by atoms with Crippen molar-refractivity contribution < 1.29 is 24.4 Å². The van der Waals surface area contributed by atoms with E-state index in [9.17, 15) is 15.5 Å². The van der Waals surface area contributed by atoms with Crippen LogP contribution in [0.4, 0.5) is 0 Å². The number of fused-ring (bicyclic) bond motifs is 1. The topological polar surface area (TPSA) is 120 Å². The molecule has 6 rings (SSSR count). The van der Waals surface area contributed by atoms with Crippen LogP contribution in [-0.4, -0.2) is 64.6 Å². The van der Waals surface area contributed by atoms with Crippen LogP contribution in [0.15, 0.2) is 67.0 Å². The van der Waals surface area contributed by atoms with Crippen LogP contribution in [0.25, 0.3) is 11.1 Å². The van der Waals surface area contributed by atoms with Crippen LogP contribution < -0.4 is 19.5 Å². The van der Waals surface area contributed by atoms with E-state index in [-0.39, 0.29) is 18.8 Å². The summed E-state index contributed by atoms with van der Waals surface area (Å²) in [5, 5.41) is 33.3. The van der Waals surface area contributed by atoms with Gasteiger partial charge in [0.1, 0.15) is 36.0 Å². The molecule has 3 aromatic carbocycles. The fraction of sp³-hybridized carbons (Fsp3) is 0.385. The van der Waals surface area contributed by atoms with Gasteiger partial charge >= 0.3 is 0 Å². The van der Waals surface area contributed by atoms with Crippen LogP contribution in [0.3, 0.4) is 0 Å². The van der Waals surface area contributed by atoms with Gasteiger partial charge in [-0.2, -0.15) is 5.26 Å². The summed E-state index contributed by atoms with van der Waals surface area (Å²) in [6, 6.07) is 19.6. The largest absolute Gasteiger partial charge is 0.492 e. The molecule has 0 spiro atoms. The molecule has 50 heavy (non-hydrogen) atoms. The van der Waals surface area contributed by atoms with E-state index in [2.05, 4.69) is 33.4 Å². The number of likely N-dealkylation sites (tertiary alicyclic amines) is 1. The second-order valence-electron chi connectivity index (χ2n) is 13.5. The third kappa shape index (κ3) is 8.88. The zero-order valence-corrected chi connectivity index (χ0v) is 29.8. The lowest BCUT2D eigenvalue weighted by molar-refractivity contribution is 0.0000489. The number of benzene rings is 3. The molecule has 0 amide bonds. The van der Waals surface area contributed by atoms with Crippen molar-refractivity contribution in [2.45, 2.75) is 64.1 Å². The van der Waals surface area contributed by atoms with Gasteiger partial charge in [0.2, 0.25) is 0 Å². The number of aromatic nitrogens is 1. The third-order valence-electron chi connectivity index (χ3n) is 8.86. The number of hydrogen-bond acceptors (Lipinski definition) is 9. The Bertz CT molecular complexity index is 1850. The Kier molecular flexibility index (Phi) is 11.5. The lowest BCUT2D eigenvalue weighted by Gasteiger charge is -2.35. The lowest BCUT2D eigenvalue weighted by atomic mass is 9.96. The molecule has 262 valence electrons. The van der Waals surface area contributed by atoms with Crippen molar-refractivity contribution in [2.75, 3.05) is 32.8 Å². The van der Waals surface area contributed by atoms with Crippen LogP contribution >= 0.6 is 23.2 Å². The highest BCUT2D eigenvalue weighted by Gasteiger charge is 2.29. The molecule has 1 aliphatic heterocycles. The summed E-state index contributed by atoms with van der Waals surface area (Å²) in [5.74, 6) is 1.73. The summed E-state index contributed by atoms with van der Waals surface area (Å²) < 4.78 is 19.0. The maximum atomic E-state index is 10.2. The zero-order valence-electron chi connectivity index (χ0n) is 28.3. The van der Waals surface area contributed by atoms with Crippen molar-refractivity contribution in [1.29, 1.82) is 5.26 Å². The standard InChI is InChI=1S/C39H42Cl2N4O5/c1-39(2,47)24-44-20-27-15-33(40)37(16-36(27)49-23-26-14-25(17-42)18-43-19-26)50-34-11-10-30-29(6-3-7-31(30)34)32-8-4-9-35(38(32)41)48-13-5-12-45-21-28(46)22-45/h3-4,6-9,14-16,18-19,28,34,44,46-47H,5,10-13,20-24H2,1-2H3/t34-/m0/s1. The predicted molar refractivity (Wildman–Crippen MR) is 194 cm³/mol. The molecule has 0 unspecified atom stereocenters. The highest BCUT2D eigenvalue weighted by molar-refractivity contribution is 6.35. The van der Waals surface area contributed by atoms with Gasteiger partial charge in [-0.05, 0) is 68.0 Å². The minimum absolute atomic E-state index is 0.198. The third-order valence-corrected chi connectivity index (χ3v) is 9.54. The number of aliphatic hydroxyl groups is 2. The number of β-amino-alcohol motifs (C(OH)–C–C–N with tert-alkyl or cyclic N) is 1. The second kappa shape index (κ2) is 16.0. The summed E-state index contributed by atoms with van der Waals surface area (Å²) in [6.07, 6.45) is 5.17. The maximum absolute atomic E-state index is 10.2. The number of halogens is 2. The highest BCUT2D eigenvalue weighted by atomic mass is 35.5. The average Bonchev–Trinajstić information content (AvgIpc) is 3.49. The molecular formula is C39H42Cl2N4O5. The molecule has 0 radical (unpaired) electrons. The van der Waals surface area contributed by atoms with E-state index < -0.39 is 5.60 Å². The summed E-state index contributed by atoms with van der Waals surface area (Å²) in [7, 11) is 0. The Labute approximate surface area is 303 Å². The fourth-order valence-electron chi connectivity index (χ4n) is 6.40. The van der Waals surface area contributed by atoms with Gasteiger partial charge in [-0.15, -0.1) is 0 Å². The molecule has 1 atom stereocenters. The molecule has 0 bridgehead atoms. The molecule has 2 heterocycles. The van der Waals surface area contributed by atoms with Crippen LogP contribution in [0, 0.1) is 11.3 Å². The molecule has 11 heteroatoms. The number of hydrogen-bond donors (Lipinski definition) is 3. The van der Waals surface area contributed by atoms with E-state index in [1.807, 2.05) is 36.4 Å². The first-order valence-electron chi connectivity index (χ1n) is 16.9. The Morgan fingerprint density at radius 3 is 2.60 bits per heavy atom. The highest BCUT2D eigenvalue weighted by Crippen LogP contribution is 2.45. The van der Waals surface area contributed by atoms with Gasteiger partial charge in [0.15, 0.2) is 0 Å². The Morgan fingerprint density at radius 1 is 1.02 bits per heavy atom. The molecular weight excluding hydrogens is 675 g/mol. The molecule has 3 N–H and O–H groups in total. The molecule has 1 aromatic heterocycles. The number of rotatable bonds is 15. The lowest BCUT2D eigenvalue weighted by Crippen LogP contribution is -2.50. The van der Waals surface area contributed by atoms with Crippen molar-refractivity contribution in [1.82, 2.24) is 15.2 Å². The van der Waals surface area contributed by atoms with Crippen molar-refractivity contribution in [3.8, 4) is 34.4 Å². The molecule has 1 saturated heterocycles. The van der Waals surface area contributed by atoms with Gasteiger partial charge in [-0.25, -0.2) is 0 Å². The first-order valence-corrected chi connectivity index (χ1v) is 17.7. The Balaban J connectivity index is 1.19. The Morgan fingerprint density at radius 2 is 1.82 bits per heavy atom. The summed E-state index contributed by atoms with van der Waals surface area (Å²) >= 11 is 13.8. The van der Waals surface area contributed by atoms with Crippen LogP contribution in [0.5, 0.6) is 17.2 Å². The second-order valence-corrected chi connectivity index (χ2v) is 14.3. The first kappa shape index (κ1) is 35.9. The molecule has 1 aliphatic carbocycles. The smallest absolute Gasteiger partial charge is 0.142 e. The monoisotopic (exact) mass is 716 g/mol. The number of nitrogens with one attached hydrogen (secondary N) is 1. The number of ether oxygens (including phenoxy) is 3. The van der Waals surface area contributed by atoms with Gasteiger partial charge in [-0.3, -0.25) is 9.88 Å². The number of nitriles is 1. The normalized spacial score (nSPS) is 16.1. The maximum Gasteiger partial charge on any atom is 0.142 e. The zero-order chi connectivity index (χ0) is 35.3. The summed E-state index contributed by atoms with van der Waals surface area (Å²) in [5.41, 5.74) is 5.36. The summed E-state index contributed by atoms with van der Waals surface area (Å²) in [6.45, 7) is 7.35. The minimum atomic E-state index is -0.885. The van der Waals surface area contributed by atoms with E-state index in [1.54, 1.807) is 26.1 Å². The van der Waals surface area contributed by atoms with Crippen molar-refractivity contribution >= 4 is 23.2 Å². The van der Waals surface area contributed by atoms with Gasteiger partial charge in [0.25, 0.3) is 0 Å². The molecule has 4 aromatic rings. The van der Waals surface area contributed by atoms with E-state index >= 15 is 0 Å². The average molecular weight is 718 g/mol. The van der Waals surface area contributed by atoms with Crippen molar-refractivity contribution in [3.05, 3.63) is 105 Å². The van der Waals surface area contributed by atoms with Gasteiger partial charge in [0, 0.05) is 67.9 Å². The van der Waals surface area contributed by atoms with E-state index in [0.29, 0.717) is 52.6 Å². The van der Waals surface area contributed by atoms with Gasteiger partial charge in [0.05, 0.1) is 33.9 Å². The first-order chi connectivity index (χ1) is 24.1. The number of nitrogens with zero attached hydrogens (tertiary/aromatic N) is 3. The van der Waals surface area contributed by atoms with E-state index in [0.717, 1.165) is 66.7 Å². The van der Waals surface area contributed by atoms with Crippen molar-refractivity contribution in [2.24, 2.45) is 0 Å². The van der Waals surface area contributed by atoms with Gasteiger partial charge in [-0.1, -0.05) is 53.5 Å². The van der Waals surface area contributed by atoms with Crippen LogP contribution in [0.2, 0.25) is 10.0 Å². The number of pyridine rings is 1. The minimum Gasteiger partial charge on any atom is -0.492 e. The van der Waals surface area contributed by atoms with E-state index in [1.165, 1.54) is 11.8 Å².